The van der Waals surface area contributed by atoms with E-state index in [1.807, 2.05) is 28.9 Å². The predicted molar refractivity (Wildman–Crippen MR) is 79.7 cm³/mol. The number of nitrogens with one attached hydrogen (secondary N) is 1. The number of hydroxylamine groups is 1. The third kappa shape index (κ3) is 2.02. The second kappa shape index (κ2) is 4.82. The van der Waals surface area contributed by atoms with E-state index < -0.39 is 5.72 Å². The summed E-state index contributed by atoms with van der Waals surface area (Å²) in [5.74, 6) is 1.17. The number of pyridine rings is 1. The molecule has 3 N–H and O–H groups in total. The number of aromatic nitrogens is 2. The number of rotatable bonds is 3. The summed E-state index contributed by atoms with van der Waals surface area (Å²) < 4.78 is 1.97. The zero-order chi connectivity index (χ0) is 14.3. The van der Waals surface area contributed by atoms with Crippen LogP contribution in [-0.2, 0) is 4.84 Å². The van der Waals surface area contributed by atoms with Crippen molar-refractivity contribution in [3.05, 3.63) is 36.4 Å². The zero-order valence-electron chi connectivity index (χ0n) is 11.8. The van der Waals surface area contributed by atoms with Crippen LogP contribution in [0.25, 0.3) is 5.52 Å². The number of hydrogen-bond acceptors (Lipinski definition) is 5. The van der Waals surface area contributed by atoms with Crippen LogP contribution >= 0.6 is 0 Å². The Labute approximate surface area is 123 Å². The van der Waals surface area contributed by atoms with Crippen molar-refractivity contribution in [3.63, 3.8) is 0 Å². The Morgan fingerprint density at radius 1 is 1.43 bits per heavy atom. The maximum atomic E-state index is 5.98. The fourth-order valence-corrected chi connectivity index (χ4v) is 3.37. The quantitative estimate of drug-likeness (QED) is 0.895. The van der Waals surface area contributed by atoms with Gasteiger partial charge in [-0.25, -0.2) is 20.3 Å². The highest BCUT2D eigenvalue weighted by atomic mass is 16.7. The minimum Gasteiger partial charge on any atom is -0.326 e. The lowest BCUT2D eigenvalue weighted by Gasteiger charge is -2.28. The predicted octanol–water partition coefficient (Wildman–Crippen LogP) is 1.46. The van der Waals surface area contributed by atoms with Crippen molar-refractivity contribution >= 4 is 11.4 Å². The molecule has 21 heavy (non-hydrogen) atoms. The number of hydrogen-bond donors (Lipinski definition) is 2. The molecule has 6 nitrogen and oxygen atoms in total. The maximum Gasteiger partial charge on any atom is 0.202 e. The van der Waals surface area contributed by atoms with E-state index in [4.69, 9.17) is 15.6 Å². The molecule has 1 atom stereocenters. The summed E-state index contributed by atoms with van der Waals surface area (Å²) in [5.41, 5.74) is 10.4. The van der Waals surface area contributed by atoms with Gasteiger partial charge in [0, 0.05) is 24.2 Å². The van der Waals surface area contributed by atoms with Crippen molar-refractivity contribution in [2.75, 3.05) is 6.54 Å². The first-order chi connectivity index (χ1) is 10.3. The highest BCUT2D eigenvalue weighted by molar-refractivity contribution is 6.00. The Kier molecular flexibility index (Phi) is 2.94. The molecule has 1 fully saturated rings. The topological polar surface area (TPSA) is 76.9 Å². The number of fused-ring (bicyclic) bond motifs is 1. The highest BCUT2D eigenvalue weighted by Crippen LogP contribution is 2.38. The molecule has 3 heterocycles. The molecule has 1 saturated carbocycles. The molecule has 1 unspecified atom stereocenters. The Balaban J connectivity index is 1.69. The molecular weight excluding hydrogens is 266 g/mol. The van der Waals surface area contributed by atoms with Gasteiger partial charge < -0.3 is 10.1 Å². The summed E-state index contributed by atoms with van der Waals surface area (Å²) in [7, 11) is 0. The average Bonchev–Trinajstić information content (AvgIpc) is 3.25. The Bertz CT molecular complexity index is 688. The van der Waals surface area contributed by atoms with Gasteiger partial charge in [0.15, 0.2) is 5.84 Å². The molecule has 0 amide bonds. The molecule has 1 aliphatic carbocycles. The van der Waals surface area contributed by atoms with Crippen molar-refractivity contribution in [2.45, 2.75) is 31.4 Å². The van der Waals surface area contributed by atoms with E-state index in [-0.39, 0.29) is 0 Å². The molecule has 1 aliphatic heterocycles. The van der Waals surface area contributed by atoms with Gasteiger partial charge in [-0.3, -0.25) is 0 Å². The van der Waals surface area contributed by atoms with Gasteiger partial charge in [0.1, 0.15) is 0 Å². The molecule has 0 bridgehead atoms. The molecule has 2 aromatic heterocycles. The van der Waals surface area contributed by atoms with E-state index in [1.54, 1.807) is 6.33 Å². The van der Waals surface area contributed by atoms with Crippen LogP contribution in [0.4, 0.5) is 0 Å². The summed E-state index contributed by atoms with van der Waals surface area (Å²) in [6, 6.07) is 4.05. The van der Waals surface area contributed by atoms with Crippen LogP contribution in [0, 0.1) is 5.92 Å². The summed E-state index contributed by atoms with van der Waals surface area (Å²) in [4.78, 5) is 14.8. The fraction of sp³-hybridized carbons (Fsp3) is 0.467. The van der Waals surface area contributed by atoms with Crippen molar-refractivity contribution in [2.24, 2.45) is 16.6 Å². The molecule has 0 aromatic carbocycles. The summed E-state index contributed by atoms with van der Waals surface area (Å²) in [6.07, 6.45) is 10.3. The van der Waals surface area contributed by atoms with E-state index in [0.29, 0.717) is 12.5 Å². The van der Waals surface area contributed by atoms with Crippen molar-refractivity contribution < 1.29 is 4.84 Å². The number of aliphatic imine (C=N–C) groups is 1. The Morgan fingerprint density at radius 3 is 3.10 bits per heavy atom. The SMILES string of the molecule is NCC1(C2CCCC2)N=C(c2ccn3cncc3c2)NO1. The molecule has 6 heteroatoms. The van der Waals surface area contributed by atoms with E-state index in [0.717, 1.165) is 29.8 Å². The largest absolute Gasteiger partial charge is 0.326 e. The van der Waals surface area contributed by atoms with Gasteiger partial charge in [-0.1, -0.05) is 12.8 Å². The van der Waals surface area contributed by atoms with E-state index in [2.05, 4.69) is 10.5 Å². The number of amidine groups is 1. The molecule has 4 rings (SSSR count). The van der Waals surface area contributed by atoms with Gasteiger partial charge >= 0.3 is 0 Å². The second-order valence-corrected chi connectivity index (χ2v) is 5.84. The second-order valence-electron chi connectivity index (χ2n) is 5.84. The number of nitrogens with zero attached hydrogens (tertiary/aromatic N) is 3. The lowest BCUT2D eigenvalue weighted by atomic mass is 9.94. The van der Waals surface area contributed by atoms with Gasteiger partial charge in [-0.05, 0) is 25.0 Å². The summed E-state index contributed by atoms with van der Waals surface area (Å²) in [5, 5.41) is 0. The third-order valence-electron chi connectivity index (χ3n) is 4.60. The first-order valence-corrected chi connectivity index (χ1v) is 7.47. The zero-order valence-corrected chi connectivity index (χ0v) is 11.8. The molecule has 110 valence electrons. The van der Waals surface area contributed by atoms with Gasteiger partial charge in [0.05, 0.1) is 18.0 Å². The Morgan fingerprint density at radius 2 is 2.29 bits per heavy atom. The first kappa shape index (κ1) is 12.8. The minimum absolute atomic E-state index is 0.406. The Hall–Kier alpha value is -1.92. The number of nitrogens with two attached hydrogens (primary N) is 1. The monoisotopic (exact) mass is 285 g/mol. The van der Waals surface area contributed by atoms with Crippen LogP contribution in [-0.4, -0.2) is 27.5 Å². The van der Waals surface area contributed by atoms with Crippen LogP contribution < -0.4 is 11.2 Å². The van der Waals surface area contributed by atoms with E-state index in [9.17, 15) is 0 Å². The lowest BCUT2D eigenvalue weighted by molar-refractivity contribution is -0.0851. The van der Waals surface area contributed by atoms with Crippen LogP contribution in [0.1, 0.15) is 31.2 Å². The van der Waals surface area contributed by atoms with Gasteiger partial charge in [-0.2, -0.15) is 0 Å². The van der Waals surface area contributed by atoms with Gasteiger partial charge in [-0.15, -0.1) is 0 Å². The first-order valence-electron chi connectivity index (χ1n) is 7.47. The molecule has 2 aliphatic rings. The van der Waals surface area contributed by atoms with Crippen LogP contribution in [0.2, 0.25) is 0 Å². The lowest BCUT2D eigenvalue weighted by Crippen LogP contribution is -2.44. The van der Waals surface area contributed by atoms with Crippen LogP contribution in [0.3, 0.4) is 0 Å². The summed E-state index contributed by atoms with van der Waals surface area (Å²) in [6.45, 7) is 0.406. The summed E-state index contributed by atoms with van der Waals surface area (Å²) >= 11 is 0. The fourth-order valence-electron chi connectivity index (χ4n) is 3.37. The molecule has 0 saturated heterocycles. The normalized spacial score (nSPS) is 26.2. The van der Waals surface area contributed by atoms with Crippen molar-refractivity contribution in [3.8, 4) is 0 Å². The van der Waals surface area contributed by atoms with Crippen molar-refractivity contribution in [1.29, 1.82) is 0 Å². The minimum atomic E-state index is -0.599. The maximum absolute atomic E-state index is 5.98. The third-order valence-corrected chi connectivity index (χ3v) is 4.60. The van der Waals surface area contributed by atoms with Crippen LogP contribution in [0.15, 0.2) is 35.8 Å². The van der Waals surface area contributed by atoms with E-state index >= 15 is 0 Å². The molecular formula is C15H19N5O. The van der Waals surface area contributed by atoms with Gasteiger partial charge in [0.2, 0.25) is 5.72 Å². The van der Waals surface area contributed by atoms with Gasteiger partial charge in [0.25, 0.3) is 0 Å². The molecule has 0 radical (unpaired) electrons. The van der Waals surface area contributed by atoms with Crippen molar-refractivity contribution in [1.82, 2.24) is 14.9 Å². The molecule has 0 spiro atoms. The molecule has 2 aromatic rings. The standard InChI is InChI=1S/C15H19N5O/c16-9-15(12-3-1-2-4-12)18-14(19-21-15)11-5-6-20-10-17-8-13(20)7-11/h5-8,10,12H,1-4,9,16H2,(H,18,19). The highest BCUT2D eigenvalue weighted by Gasteiger charge is 2.44. The average molecular weight is 285 g/mol. The smallest absolute Gasteiger partial charge is 0.202 e. The van der Waals surface area contributed by atoms with Crippen LogP contribution in [0.5, 0.6) is 0 Å². The van der Waals surface area contributed by atoms with E-state index in [1.165, 1.54) is 12.8 Å². The number of imidazole rings is 1.